The zero-order valence-electron chi connectivity index (χ0n) is 24.9. The van der Waals surface area contributed by atoms with Crippen molar-refractivity contribution in [3.8, 4) is 11.1 Å². The van der Waals surface area contributed by atoms with Crippen LogP contribution in [-0.4, -0.2) is 43.6 Å². The monoisotopic (exact) mass is 629 g/mol. The molecule has 230 valence electrons. The predicted molar refractivity (Wildman–Crippen MR) is 174 cm³/mol. The molecule has 1 saturated heterocycles. The number of nitrogens with zero attached hydrogens (tertiary/aromatic N) is 3. The number of carbonyl (C=O) groups is 2. The maximum Gasteiger partial charge on any atom is 0.261 e. The summed E-state index contributed by atoms with van der Waals surface area (Å²) >= 11 is 1.55. The smallest absolute Gasteiger partial charge is 0.261 e. The third-order valence-corrected chi connectivity index (χ3v) is 9.28. The number of aliphatic hydroxyl groups excluding tert-OH is 1. The molecule has 7 rings (SSSR count). The minimum atomic E-state index is -0.596. The van der Waals surface area contributed by atoms with E-state index in [0.717, 1.165) is 33.4 Å². The second-order valence-electron chi connectivity index (χ2n) is 11.2. The lowest BCUT2D eigenvalue weighted by Crippen LogP contribution is -2.31. The van der Waals surface area contributed by atoms with E-state index in [4.69, 9.17) is 9.47 Å². The van der Waals surface area contributed by atoms with E-state index in [1.807, 2.05) is 72.8 Å². The summed E-state index contributed by atoms with van der Waals surface area (Å²) in [6.07, 6.45) is 3.21. The minimum absolute atomic E-state index is 0.0122. The Morgan fingerprint density at radius 1 is 0.739 bits per heavy atom. The molecule has 0 spiro atoms. The molecule has 0 bridgehead atoms. The highest BCUT2D eigenvalue weighted by atomic mass is 32.2. The molecule has 2 aliphatic rings. The standard InChI is InChI=1S/C37H31N3O5S/c41-22-24-10-12-26(13-11-24)33-20-29(23-46-37-38-18-5-19-39-37)44-36(45-33)27-16-14-25(15-17-27)30-7-2-1-6-28(30)21-40-34(42)31-8-3-4-9-32(31)35(40)43/h1-19,29,33,36,41H,20-23H2/t29-,33+,36+/m0/s1. The summed E-state index contributed by atoms with van der Waals surface area (Å²) in [5.74, 6) is 0.118. The molecule has 0 aliphatic carbocycles. The van der Waals surface area contributed by atoms with Crippen LogP contribution in [0.2, 0.25) is 0 Å². The normalized spacial score (nSPS) is 19.3. The third-order valence-electron chi connectivity index (χ3n) is 8.27. The molecule has 5 aromatic rings. The van der Waals surface area contributed by atoms with Gasteiger partial charge in [0.2, 0.25) is 0 Å². The third kappa shape index (κ3) is 6.23. The molecule has 0 unspecified atom stereocenters. The Kier molecular flexibility index (Phi) is 8.72. The van der Waals surface area contributed by atoms with Gasteiger partial charge in [-0.25, -0.2) is 9.97 Å². The summed E-state index contributed by atoms with van der Waals surface area (Å²) in [6, 6.07) is 32.4. The van der Waals surface area contributed by atoms with Gasteiger partial charge in [-0.3, -0.25) is 14.5 Å². The highest BCUT2D eigenvalue weighted by Gasteiger charge is 2.36. The second-order valence-corrected chi connectivity index (χ2v) is 12.2. The average Bonchev–Trinajstić information content (AvgIpc) is 3.36. The van der Waals surface area contributed by atoms with Crippen LogP contribution in [0.4, 0.5) is 0 Å². The van der Waals surface area contributed by atoms with Crippen molar-refractivity contribution in [3.05, 3.63) is 149 Å². The molecule has 8 nitrogen and oxygen atoms in total. The van der Waals surface area contributed by atoms with E-state index in [-0.39, 0.29) is 37.2 Å². The van der Waals surface area contributed by atoms with E-state index in [1.54, 1.807) is 54.5 Å². The van der Waals surface area contributed by atoms with E-state index in [1.165, 1.54) is 4.90 Å². The van der Waals surface area contributed by atoms with Gasteiger partial charge in [-0.05, 0) is 46.0 Å². The Bertz CT molecular complexity index is 1810. The van der Waals surface area contributed by atoms with E-state index >= 15 is 0 Å². The van der Waals surface area contributed by atoms with Crippen LogP contribution >= 0.6 is 11.8 Å². The van der Waals surface area contributed by atoms with Crippen LogP contribution in [0.3, 0.4) is 0 Å². The van der Waals surface area contributed by atoms with Gasteiger partial charge in [0.05, 0.1) is 36.5 Å². The molecular formula is C37H31N3O5S. The van der Waals surface area contributed by atoms with Gasteiger partial charge in [-0.15, -0.1) is 0 Å². The van der Waals surface area contributed by atoms with Gasteiger partial charge in [0.15, 0.2) is 11.4 Å². The number of aliphatic hydroxyl groups is 1. The van der Waals surface area contributed by atoms with Gasteiger partial charge in [0.1, 0.15) is 0 Å². The first-order valence-corrected chi connectivity index (χ1v) is 16.1. The molecule has 1 fully saturated rings. The van der Waals surface area contributed by atoms with Gasteiger partial charge >= 0.3 is 0 Å². The van der Waals surface area contributed by atoms with Crippen molar-refractivity contribution >= 4 is 23.6 Å². The fourth-order valence-electron chi connectivity index (χ4n) is 5.86. The first-order chi connectivity index (χ1) is 22.6. The van der Waals surface area contributed by atoms with Gasteiger partial charge in [0, 0.05) is 30.1 Å². The molecule has 4 aromatic carbocycles. The maximum atomic E-state index is 13.1. The number of ether oxygens (including phenoxy) is 2. The quantitative estimate of drug-likeness (QED) is 0.108. The minimum Gasteiger partial charge on any atom is -0.392 e. The van der Waals surface area contributed by atoms with E-state index in [9.17, 15) is 14.7 Å². The molecule has 2 aliphatic heterocycles. The molecule has 46 heavy (non-hydrogen) atoms. The highest BCUT2D eigenvalue weighted by Crippen LogP contribution is 2.40. The van der Waals surface area contributed by atoms with E-state index in [2.05, 4.69) is 9.97 Å². The predicted octanol–water partition coefficient (Wildman–Crippen LogP) is 6.77. The fourth-order valence-corrected chi connectivity index (χ4v) is 6.68. The number of fused-ring (bicyclic) bond motifs is 1. The van der Waals surface area contributed by atoms with Crippen molar-refractivity contribution in [1.29, 1.82) is 0 Å². The van der Waals surface area contributed by atoms with Gasteiger partial charge in [-0.2, -0.15) is 0 Å². The van der Waals surface area contributed by atoms with Crippen LogP contribution in [0.5, 0.6) is 0 Å². The molecule has 9 heteroatoms. The number of hydrogen-bond acceptors (Lipinski definition) is 8. The van der Waals surface area contributed by atoms with Crippen LogP contribution in [0, 0.1) is 0 Å². The lowest BCUT2D eigenvalue weighted by molar-refractivity contribution is -0.245. The molecule has 0 saturated carbocycles. The Labute approximate surface area is 271 Å². The number of hydrogen-bond donors (Lipinski definition) is 1. The second kappa shape index (κ2) is 13.4. The zero-order valence-corrected chi connectivity index (χ0v) is 25.7. The lowest BCUT2D eigenvalue weighted by Gasteiger charge is -2.36. The van der Waals surface area contributed by atoms with Gasteiger partial charge < -0.3 is 14.6 Å². The summed E-state index contributed by atoms with van der Waals surface area (Å²) in [5, 5.41) is 10.2. The lowest BCUT2D eigenvalue weighted by atomic mass is 9.97. The first kappa shape index (κ1) is 30.0. The number of rotatable bonds is 9. The number of carbonyl (C=O) groups excluding carboxylic acids is 2. The molecular weight excluding hydrogens is 598 g/mol. The Morgan fingerprint density at radius 3 is 2.04 bits per heavy atom. The van der Waals surface area contributed by atoms with Crippen LogP contribution < -0.4 is 0 Å². The van der Waals surface area contributed by atoms with Crippen molar-refractivity contribution in [2.75, 3.05) is 5.75 Å². The van der Waals surface area contributed by atoms with Gasteiger partial charge in [-0.1, -0.05) is 96.7 Å². The summed E-state index contributed by atoms with van der Waals surface area (Å²) < 4.78 is 13.0. The van der Waals surface area contributed by atoms with E-state index < -0.39 is 6.29 Å². The average molecular weight is 630 g/mol. The summed E-state index contributed by atoms with van der Waals surface area (Å²) in [5.41, 5.74) is 6.40. The van der Waals surface area contributed by atoms with E-state index in [0.29, 0.717) is 28.5 Å². The molecule has 2 amide bonds. The SMILES string of the molecule is O=C1c2ccccc2C(=O)N1Cc1ccccc1-c1ccc([C@@H]2O[C@H](CSc3ncccn3)C[C@H](c3ccc(CO)cc3)O2)cc1. The maximum absolute atomic E-state index is 13.1. The van der Waals surface area contributed by atoms with Crippen LogP contribution in [0.15, 0.2) is 121 Å². The fraction of sp³-hybridized carbons (Fsp3) is 0.189. The van der Waals surface area contributed by atoms with Crippen molar-refractivity contribution in [1.82, 2.24) is 14.9 Å². The first-order valence-electron chi connectivity index (χ1n) is 15.1. The Balaban J connectivity index is 1.11. The number of amides is 2. The van der Waals surface area contributed by atoms with Crippen LogP contribution in [0.25, 0.3) is 11.1 Å². The molecule has 3 atom stereocenters. The summed E-state index contributed by atoms with van der Waals surface area (Å²) in [7, 11) is 0. The molecule has 3 heterocycles. The zero-order chi connectivity index (χ0) is 31.5. The van der Waals surface area contributed by atoms with Gasteiger partial charge in [0.25, 0.3) is 11.8 Å². The number of imide groups is 1. The van der Waals surface area contributed by atoms with Crippen LogP contribution in [0.1, 0.15) is 61.8 Å². The highest BCUT2D eigenvalue weighted by molar-refractivity contribution is 7.99. The molecule has 1 aromatic heterocycles. The number of benzene rings is 4. The van der Waals surface area contributed by atoms with Crippen molar-refractivity contribution in [2.45, 2.75) is 43.2 Å². The molecule has 1 N–H and O–H groups in total. The van der Waals surface area contributed by atoms with Crippen molar-refractivity contribution < 1.29 is 24.2 Å². The topological polar surface area (TPSA) is 102 Å². The number of aromatic nitrogens is 2. The Morgan fingerprint density at radius 2 is 1.37 bits per heavy atom. The largest absolute Gasteiger partial charge is 0.392 e. The van der Waals surface area contributed by atoms with Crippen LogP contribution in [-0.2, 0) is 22.6 Å². The van der Waals surface area contributed by atoms with Crippen molar-refractivity contribution in [2.24, 2.45) is 0 Å². The summed E-state index contributed by atoms with van der Waals surface area (Å²) in [4.78, 5) is 36.1. The summed E-state index contributed by atoms with van der Waals surface area (Å²) in [6.45, 7) is 0.169. The Hall–Kier alpha value is -4.67. The molecule has 0 radical (unpaired) electrons. The van der Waals surface area contributed by atoms with Crippen molar-refractivity contribution in [3.63, 3.8) is 0 Å². The number of thioether (sulfide) groups is 1.